The second kappa shape index (κ2) is 5.09. The smallest absolute Gasteiger partial charge is 0.350 e. The molecule has 19 heavy (non-hydrogen) atoms. The number of nitrogens with zero attached hydrogens (tertiary/aromatic N) is 1. The molecule has 0 aliphatic carbocycles. The first-order valence-electron chi connectivity index (χ1n) is 5.93. The van der Waals surface area contributed by atoms with E-state index in [-0.39, 0.29) is 6.04 Å². The van der Waals surface area contributed by atoms with Crippen molar-refractivity contribution >= 4 is 0 Å². The minimum Gasteiger partial charge on any atom is -0.350 e. The second-order valence-electron chi connectivity index (χ2n) is 4.60. The van der Waals surface area contributed by atoms with Crippen LogP contribution in [0.3, 0.4) is 0 Å². The summed E-state index contributed by atoms with van der Waals surface area (Å²) in [6, 6.07) is 7.06. The zero-order valence-electron chi connectivity index (χ0n) is 10.5. The molecule has 0 saturated heterocycles. The van der Waals surface area contributed by atoms with Crippen LogP contribution in [0.1, 0.15) is 29.7 Å². The standard InChI is InChI=1S/C14H15F3N2/c1-10(18)12-6-7-19(9-12)8-11-2-4-13(5-3-11)14(15,16)17/h2-7,9-10H,8,18H2,1H3. The number of hydrogen-bond donors (Lipinski definition) is 1. The van der Waals surface area contributed by atoms with Gasteiger partial charge in [-0.25, -0.2) is 0 Å². The SMILES string of the molecule is CC(N)c1ccn(Cc2ccc(C(F)(F)F)cc2)c1. The molecule has 1 unspecified atom stereocenters. The lowest BCUT2D eigenvalue weighted by Gasteiger charge is -2.08. The third-order valence-electron chi connectivity index (χ3n) is 2.95. The van der Waals surface area contributed by atoms with E-state index >= 15 is 0 Å². The van der Waals surface area contributed by atoms with Crippen molar-refractivity contribution in [1.82, 2.24) is 4.57 Å². The Bertz CT molecular complexity index is 539. The predicted octanol–water partition coefficient (Wildman–Crippen LogP) is 3.57. The summed E-state index contributed by atoms with van der Waals surface area (Å²) in [6.45, 7) is 2.42. The summed E-state index contributed by atoms with van der Waals surface area (Å²) in [6.07, 6.45) is -0.507. The highest BCUT2D eigenvalue weighted by Gasteiger charge is 2.29. The third kappa shape index (κ3) is 3.38. The van der Waals surface area contributed by atoms with Crippen LogP contribution >= 0.6 is 0 Å². The number of nitrogens with two attached hydrogens (primary N) is 1. The molecule has 1 heterocycles. The van der Waals surface area contributed by atoms with Crippen LogP contribution in [0, 0.1) is 0 Å². The number of halogens is 3. The van der Waals surface area contributed by atoms with Crippen molar-refractivity contribution in [3.8, 4) is 0 Å². The summed E-state index contributed by atoms with van der Waals surface area (Å²) in [5.74, 6) is 0. The van der Waals surface area contributed by atoms with Gasteiger partial charge in [-0.05, 0) is 36.2 Å². The Morgan fingerprint density at radius 3 is 2.26 bits per heavy atom. The molecule has 0 radical (unpaired) electrons. The van der Waals surface area contributed by atoms with Gasteiger partial charge in [-0.15, -0.1) is 0 Å². The molecular formula is C14H15F3N2. The van der Waals surface area contributed by atoms with E-state index in [0.29, 0.717) is 6.54 Å². The van der Waals surface area contributed by atoms with Crippen molar-refractivity contribution in [2.75, 3.05) is 0 Å². The predicted molar refractivity (Wildman–Crippen MR) is 67.6 cm³/mol. The van der Waals surface area contributed by atoms with E-state index in [2.05, 4.69) is 0 Å². The number of hydrogen-bond acceptors (Lipinski definition) is 1. The molecule has 2 nitrogen and oxygen atoms in total. The number of benzene rings is 1. The van der Waals surface area contributed by atoms with E-state index in [1.807, 2.05) is 30.0 Å². The monoisotopic (exact) mass is 268 g/mol. The van der Waals surface area contributed by atoms with Crippen LogP contribution in [0.2, 0.25) is 0 Å². The summed E-state index contributed by atoms with van der Waals surface area (Å²) in [4.78, 5) is 0. The van der Waals surface area contributed by atoms with E-state index < -0.39 is 11.7 Å². The summed E-state index contributed by atoms with van der Waals surface area (Å²) in [7, 11) is 0. The highest BCUT2D eigenvalue weighted by molar-refractivity contribution is 5.25. The van der Waals surface area contributed by atoms with Gasteiger partial charge in [0, 0.05) is 25.0 Å². The third-order valence-corrected chi connectivity index (χ3v) is 2.95. The molecule has 0 aliphatic heterocycles. The van der Waals surface area contributed by atoms with Gasteiger partial charge in [0.2, 0.25) is 0 Å². The van der Waals surface area contributed by atoms with E-state index in [1.165, 1.54) is 12.1 Å². The Kier molecular flexibility index (Phi) is 3.66. The maximum atomic E-state index is 12.4. The van der Waals surface area contributed by atoms with Crippen LogP contribution in [0.4, 0.5) is 13.2 Å². The van der Waals surface area contributed by atoms with Crippen LogP contribution in [0.15, 0.2) is 42.7 Å². The summed E-state index contributed by atoms with van der Waals surface area (Å²) < 4.78 is 39.2. The summed E-state index contributed by atoms with van der Waals surface area (Å²) >= 11 is 0. The molecule has 0 fully saturated rings. The molecule has 5 heteroatoms. The van der Waals surface area contributed by atoms with Crippen molar-refractivity contribution in [3.63, 3.8) is 0 Å². The van der Waals surface area contributed by atoms with Gasteiger partial charge in [0.1, 0.15) is 0 Å². The van der Waals surface area contributed by atoms with E-state index in [4.69, 9.17) is 5.73 Å². The highest BCUT2D eigenvalue weighted by Crippen LogP contribution is 2.29. The lowest BCUT2D eigenvalue weighted by atomic mass is 10.1. The fourth-order valence-electron chi connectivity index (χ4n) is 1.84. The maximum Gasteiger partial charge on any atom is 0.416 e. The summed E-state index contributed by atoms with van der Waals surface area (Å²) in [5.41, 5.74) is 6.95. The second-order valence-corrected chi connectivity index (χ2v) is 4.60. The molecule has 2 rings (SSSR count). The van der Waals surface area contributed by atoms with Gasteiger partial charge in [0.15, 0.2) is 0 Å². The van der Waals surface area contributed by atoms with Crippen LogP contribution in [0.25, 0.3) is 0 Å². The Labute approximate surface area is 109 Å². The van der Waals surface area contributed by atoms with Crippen molar-refractivity contribution in [3.05, 3.63) is 59.4 Å². The zero-order valence-corrected chi connectivity index (χ0v) is 10.5. The molecule has 0 aliphatic rings. The van der Waals surface area contributed by atoms with E-state index in [0.717, 1.165) is 23.3 Å². The molecule has 0 amide bonds. The van der Waals surface area contributed by atoms with Gasteiger partial charge in [-0.2, -0.15) is 13.2 Å². The largest absolute Gasteiger partial charge is 0.416 e. The van der Waals surface area contributed by atoms with Crippen LogP contribution in [-0.4, -0.2) is 4.57 Å². The van der Waals surface area contributed by atoms with Gasteiger partial charge >= 0.3 is 6.18 Å². The molecule has 1 aromatic heterocycles. The Balaban J connectivity index is 2.11. The zero-order chi connectivity index (χ0) is 14.0. The number of aromatic nitrogens is 1. The molecule has 0 saturated carbocycles. The first-order valence-corrected chi connectivity index (χ1v) is 5.93. The lowest BCUT2D eigenvalue weighted by molar-refractivity contribution is -0.137. The fourth-order valence-corrected chi connectivity index (χ4v) is 1.84. The normalized spacial score (nSPS) is 13.5. The van der Waals surface area contributed by atoms with Gasteiger partial charge in [-0.1, -0.05) is 12.1 Å². The minimum atomic E-state index is -4.28. The molecule has 0 bridgehead atoms. The first-order chi connectivity index (χ1) is 8.86. The molecule has 2 N–H and O–H groups in total. The quantitative estimate of drug-likeness (QED) is 0.906. The Hall–Kier alpha value is -1.75. The van der Waals surface area contributed by atoms with E-state index in [9.17, 15) is 13.2 Å². The Morgan fingerprint density at radius 1 is 1.16 bits per heavy atom. The van der Waals surface area contributed by atoms with Gasteiger partial charge in [-0.3, -0.25) is 0 Å². The Morgan fingerprint density at radius 2 is 1.79 bits per heavy atom. The molecule has 0 spiro atoms. The van der Waals surface area contributed by atoms with Crippen LogP contribution in [0.5, 0.6) is 0 Å². The van der Waals surface area contributed by atoms with Crippen molar-refractivity contribution in [2.45, 2.75) is 25.7 Å². The van der Waals surface area contributed by atoms with Crippen molar-refractivity contribution < 1.29 is 13.2 Å². The lowest BCUT2D eigenvalue weighted by Crippen LogP contribution is -2.05. The highest BCUT2D eigenvalue weighted by atomic mass is 19.4. The van der Waals surface area contributed by atoms with Gasteiger partial charge in [0.05, 0.1) is 5.56 Å². The fraction of sp³-hybridized carbons (Fsp3) is 0.286. The molecule has 2 aromatic rings. The molecule has 1 aromatic carbocycles. The average Bonchev–Trinajstić information content (AvgIpc) is 2.77. The molecular weight excluding hydrogens is 253 g/mol. The molecule has 102 valence electrons. The average molecular weight is 268 g/mol. The van der Waals surface area contributed by atoms with Crippen molar-refractivity contribution in [1.29, 1.82) is 0 Å². The first kappa shape index (κ1) is 13.7. The van der Waals surface area contributed by atoms with E-state index in [1.54, 1.807) is 0 Å². The number of rotatable bonds is 3. The van der Waals surface area contributed by atoms with Crippen LogP contribution in [-0.2, 0) is 12.7 Å². The minimum absolute atomic E-state index is 0.0474. The number of alkyl halides is 3. The molecule has 1 atom stereocenters. The topological polar surface area (TPSA) is 30.9 Å². The van der Waals surface area contributed by atoms with Gasteiger partial charge < -0.3 is 10.3 Å². The van der Waals surface area contributed by atoms with Crippen molar-refractivity contribution in [2.24, 2.45) is 5.73 Å². The van der Waals surface area contributed by atoms with Gasteiger partial charge in [0.25, 0.3) is 0 Å². The summed E-state index contributed by atoms with van der Waals surface area (Å²) in [5, 5.41) is 0. The maximum absolute atomic E-state index is 12.4. The van der Waals surface area contributed by atoms with Crippen LogP contribution < -0.4 is 5.73 Å².